The molecular weight excluding hydrogens is 184 g/mol. The van der Waals surface area contributed by atoms with Crippen LogP contribution in [0.15, 0.2) is 0 Å². The van der Waals surface area contributed by atoms with E-state index in [4.69, 9.17) is 10.8 Å². The number of primary amides is 1. The fourth-order valence-electron chi connectivity index (χ4n) is 1.88. The van der Waals surface area contributed by atoms with Crippen LogP contribution in [-0.2, 0) is 4.79 Å². The van der Waals surface area contributed by atoms with Gasteiger partial charge in [-0.15, -0.1) is 0 Å². The Morgan fingerprint density at radius 3 is 2.71 bits per heavy atom. The lowest BCUT2D eigenvalue weighted by Crippen LogP contribution is -2.46. The van der Waals surface area contributed by atoms with E-state index in [1.165, 1.54) is 0 Å². The average Bonchev–Trinajstić information content (AvgIpc) is 2.15. The van der Waals surface area contributed by atoms with E-state index in [0.717, 1.165) is 19.3 Å². The van der Waals surface area contributed by atoms with Crippen molar-refractivity contribution in [3.05, 3.63) is 0 Å². The van der Waals surface area contributed by atoms with Gasteiger partial charge in [-0.3, -0.25) is 4.79 Å². The molecule has 1 saturated heterocycles. The highest BCUT2D eigenvalue weighted by molar-refractivity contribution is 5.72. The van der Waals surface area contributed by atoms with Crippen molar-refractivity contribution in [1.82, 2.24) is 4.90 Å². The molecule has 14 heavy (non-hydrogen) atoms. The summed E-state index contributed by atoms with van der Waals surface area (Å²) < 4.78 is 0. The van der Waals surface area contributed by atoms with Gasteiger partial charge in [0.05, 0.1) is 0 Å². The lowest BCUT2D eigenvalue weighted by atomic mass is 9.98. The first-order chi connectivity index (χ1) is 6.61. The van der Waals surface area contributed by atoms with E-state index in [1.54, 1.807) is 4.90 Å². The summed E-state index contributed by atoms with van der Waals surface area (Å²) in [7, 11) is 0. The van der Waals surface area contributed by atoms with E-state index in [-0.39, 0.29) is 12.5 Å². The molecule has 1 aliphatic rings. The lowest BCUT2D eigenvalue weighted by molar-refractivity contribution is -0.137. The van der Waals surface area contributed by atoms with Crippen LogP contribution in [0.25, 0.3) is 0 Å². The highest BCUT2D eigenvalue weighted by atomic mass is 16.4. The monoisotopic (exact) mass is 200 g/mol. The number of carboxylic acid groups (broad SMARTS) is 1. The van der Waals surface area contributed by atoms with E-state index in [0.29, 0.717) is 13.0 Å². The number of carbonyl (C=O) groups excluding carboxylic acids is 1. The number of hydrogen-bond donors (Lipinski definition) is 2. The minimum absolute atomic E-state index is 0.0253. The number of nitrogens with two attached hydrogens (primary N) is 1. The zero-order valence-electron chi connectivity index (χ0n) is 8.11. The number of nitrogens with zero attached hydrogens (tertiary/aromatic N) is 1. The highest BCUT2D eigenvalue weighted by Gasteiger charge is 2.25. The molecule has 5 heteroatoms. The zero-order chi connectivity index (χ0) is 10.6. The summed E-state index contributed by atoms with van der Waals surface area (Å²) in [5.41, 5.74) is 5.20. The van der Waals surface area contributed by atoms with Crippen LogP contribution in [0.4, 0.5) is 4.79 Å². The van der Waals surface area contributed by atoms with Gasteiger partial charge in [-0.25, -0.2) is 4.79 Å². The van der Waals surface area contributed by atoms with Gasteiger partial charge in [-0.2, -0.15) is 0 Å². The van der Waals surface area contributed by atoms with Crippen molar-refractivity contribution in [1.29, 1.82) is 0 Å². The third kappa shape index (κ3) is 2.90. The highest BCUT2D eigenvalue weighted by Crippen LogP contribution is 2.20. The summed E-state index contributed by atoms with van der Waals surface area (Å²) in [6.07, 6.45) is 3.50. The Balaban J connectivity index is 2.45. The fourth-order valence-corrected chi connectivity index (χ4v) is 1.88. The summed E-state index contributed by atoms with van der Waals surface area (Å²) >= 11 is 0. The van der Waals surface area contributed by atoms with Crippen LogP contribution in [0, 0.1) is 0 Å². The Hall–Kier alpha value is -1.26. The minimum atomic E-state index is -0.819. The number of piperidine rings is 1. The Bertz CT molecular complexity index is 230. The predicted molar refractivity (Wildman–Crippen MR) is 50.8 cm³/mol. The molecule has 1 unspecified atom stereocenters. The Labute approximate surface area is 82.9 Å². The standard InChI is InChI=1S/C9H16N2O3/c10-9(14)11-6-2-1-3-7(11)4-5-8(12)13/h7H,1-6H2,(H2,10,14)(H,12,13). The number of urea groups is 1. The van der Waals surface area contributed by atoms with Gasteiger partial charge in [0.15, 0.2) is 0 Å². The number of carboxylic acids is 1. The second-order valence-corrected chi connectivity index (χ2v) is 3.61. The van der Waals surface area contributed by atoms with Gasteiger partial charge in [-0.05, 0) is 25.7 Å². The molecule has 0 saturated carbocycles. The van der Waals surface area contributed by atoms with Gasteiger partial charge in [0.2, 0.25) is 0 Å². The Morgan fingerprint density at radius 2 is 2.14 bits per heavy atom. The van der Waals surface area contributed by atoms with Crippen molar-refractivity contribution in [3.63, 3.8) is 0 Å². The third-order valence-corrected chi connectivity index (χ3v) is 2.60. The number of carbonyl (C=O) groups is 2. The summed E-state index contributed by atoms with van der Waals surface area (Å²) in [4.78, 5) is 23.0. The maximum Gasteiger partial charge on any atom is 0.315 e. The van der Waals surface area contributed by atoms with E-state index >= 15 is 0 Å². The molecule has 5 nitrogen and oxygen atoms in total. The number of hydrogen-bond acceptors (Lipinski definition) is 2. The van der Waals surface area contributed by atoms with Crippen LogP contribution in [-0.4, -0.2) is 34.6 Å². The number of likely N-dealkylation sites (tertiary alicyclic amines) is 1. The van der Waals surface area contributed by atoms with Crippen LogP contribution in [0.1, 0.15) is 32.1 Å². The molecular formula is C9H16N2O3. The van der Waals surface area contributed by atoms with Crippen molar-refractivity contribution in [3.8, 4) is 0 Å². The molecule has 0 spiro atoms. The normalized spacial score (nSPS) is 22.0. The number of rotatable bonds is 3. The second kappa shape index (κ2) is 4.83. The van der Waals surface area contributed by atoms with Crippen molar-refractivity contribution >= 4 is 12.0 Å². The summed E-state index contributed by atoms with van der Waals surface area (Å²) in [5.74, 6) is -0.819. The van der Waals surface area contributed by atoms with Gasteiger partial charge in [0.1, 0.15) is 0 Å². The molecule has 0 aliphatic carbocycles. The first-order valence-corrected chi connectivity index (χ1v) is 4.89. The van der Waals surface area contributed by atoms with E-state index in [9.17, 15) is 9.59 Å². The predicted octanol–water partition coefficient (Wildman–Crippen LogP) is 0.784. The van der Waals surface area contributed by atoms with Crippen molar-refractivity contribution in [2.24, 2.45) is 5.73 Å². The SMILES string of the molecule is NC(=O)N1CCCCC1CCC(=O)O. The van der Waals surface area contributed by atoms with Crippen molar-refractivity contribution in [2.75, 3.05) is 6.54 Å². The fraction of sp³-hybridized carbons (Fsp3) is 0.778. The first kappa shape index (κ1) is 10.8. The summed E-state index contributed by atoms with van der Waals surface area (Å²) in [5, 5.41) is 8.53. The second-order valence-electron chi connectivity index (χ2n) is 3.61. The lowest BCUT2D eigenvalue weighted by Gasteiger charge is -2.34. The van der Waals surface area contributed by atoms with Crippen LogP contribution < -0.4 is 5.73 Å². The molecule has 3 N–H and O–H groups in total. The average molecular weight is 200 g/mol. The van der Waals surface area contributed by atoms with Crippen molar-refractivity contribution in [2.45, 2.75) is 38.1 Å². The maximum atomic E-state index is 11.0. The number of aliphatic carboxylic acids is 1. The maximum absolute atomic E-state index is 11.0. The van der Waals surface area contributed by atoms with E-state index < -0.39 is 12.0 Å². The molecule has 1 rings (SSSR count). The molecule has 80 valence electrons. The smallest absolute Gasteiger partial charge is 0.315 e. The van der Waals surface area contributed by atoms with Gasteiger partial charge in [0, 0.05) is 19.0 Å². The molecule has 1 aliphatic heterocycles. The third-order valence-electron chi connectivity index (χ3n) is 2.60. The Morgan fingerprint density at radius 1 is 1.43 bits per heavy atom. The minimum Gasteiger partial charge on any atom is -0.481 e. The molecule has 0 aromatic carbocycles. The van der Waals surface area contributed by atoms with Gasteiger partial charge < -0.3 is 15.7 Å². The van der Waals surface area contributed by atoms with Gasteiger partial charge in [-0.1, -0.05) is 0 Å². The van der Waals surface area contributed by atoms with E-state index in [2.05, 4.69) is 0 Å². The summed E-state index contributed by atoms with van der Waals surface area (Å²) in [6.45, 7) is 0.666. The molecule has 0 aromatic heterocycles. The molecule has 1 atom stereocenters. The quantitative estimate of drug-likeness (QED) is 0.706. The summed E-state index contributed by atoms with van der Waals surface area (Å²) in [6, 6.07) is -0.405. The first-order valence-electron chi connectivity index (χ1n) is 4.89. The molecule has 0 radical (unpaired) electrons. The number of amides is 2. The van der Waals surface area contributed by atoms with Crippen LogP contribution in [0.3, 0.4) is 0 Å². The van der Waals surface area contributed by atoms with Gasteiger partial charge in [0.25, 0.3) is 0 Å². The Kier molecular flexibility index (Phi) is 3.73. The van der Waals surface area contributed by atoms with Crippen LogP contribution in [0.2, 0.25) is 0 Å². The van der Waals surface area contributed by atoms with Crippen LogP contribution in [0.5, 0.6) is 0 Å². The molecule has 0 aromatic rings. The zero-order valence-corrected chi connectivity index (χ0v) is 8.11. The molecule has 2 amide bonds. The molecule has 1 heterocycles. The largest absolute Gasteiger partial charge is 0.481 e. The van der Waals surface area contributed by atoms with E-state index in [1.807, 2.05) is 0 Å². The molecule has 1 fully saturated rings. The van der Waals surface area contributed by atoms with Crippen LogP contribution >= 0.6 is 0 Å². The topological polar surface area (TPSA) is 83.6 Å². The van der Waals surface area contributed by atoms with Crippen molar-refractivity contribution < 1.29 is 14.7 Å². The molecule has 0 bridgehead atoms. The van der Waals surface area contributed by atoms with Gasteiger partial charge >= 0.3 is 12.0 Å².